The van der Waals surface area contributed by atoms with Gasteiger partial charge in [-0.05, 0) is 61.7 Å². The van der Waals surface area contributed by atoms with Gasteiger partial charge in [0, 0.05) is 24.5 Å². The largest absolute Gasteiger partial charge is 0.330 e. The Labute approximate surface area is 195 Å². The second-order valence-corrected chi connectivity index (χ2v) is 11.5. The van der Waals surface area contributed by atoms with Crippen molar-refractivity contribution >= 4 is 55.5 Å². The van der Waals surface area contributed by atoms with Crippen molar-refractivity contribution in [1.82, 2.24) is 14.5 Å². The number of sulfonamides is 1. The summed E-state index contributed by atoms with van der Waals surface area (Å²) in [5.41, 5.74) is 2.63. The number of aryl methyl sites for hydroxylation is 1. The molecular weight excluding hydrogens is 466 g/mol. The van der Waals surface area contributed by atoms with Crippen LogP contribution in [0.5, 0.6) is 0 Å². The fourth-order valence-corrected chi connectivity index (χ4v) is 6.37. The molecule has 0 aliphatic carbocycles. The average molecular weight is 490 g/mol. The lowest BCUT2D eigenvalue weighted by Crippen LogP contribution is -2.27. The van der Waals surface area contributed by atoms with Crippen molar-refractivity contribution in [3.05, 3.63) is 54.1 Å². The molecular formula is C21H23N5O3S3. The summed E-state index contributed by atoms with van der Waals surface area (Å²) in [5, 5.41) is 14.9. The monoisotopic (exact) mass is 489 g/mol. The van der Waals surface area contributed by atoms with E-state index in [0.717, 1.165) is 24.1 Å². The Balaban J connectivity index is 1.28. The molecule has 0 radical (unpaired) electrons. The summed E-state index contributed by atoms with van der Waals surface area (Å²) in [6, 6.07) is 14.2. The fraction of sp³-hybridized carbons (Fsp3) is 0.286. The van der Waals surface area contributed by atoms with Crippen LogP contribution in [-0.2, 0) is 14.8 Å². The minimum Gasteiger partial charge on any atom is -0.330 e. The third-order valence-electron chi connectivity index (χ3n) is 4.84. The second-order valence-electron chi connectivity index (χ2n) is 7.34. The number of hydrogen-bond acceptors (Lipinski definition) is 8. The van der Waals surface area contributed by atoms with Crippen LogP contribution >= 0.6 is 23.1 Å². The van der Waals surface area contributed by atoms with Crippen molar-refractivity contribution in [2.24, 2.45) is 0 Å². The van der Waals surface area contributed by atoms with Gasteiger partial charge in [0.2, 0.25) is 21.1 Å². The topological polar surface area (TPSA) is 104 Å². The maximum absolute atomic E-state index is 12.6. The van der Waals surface area contributed by atoms with Crippen LogP contribution in [0.1, 0.15) is 18.4 Å². The Morgan fingerprint density at radius 1 is 1.09 bits per heavy atom. The Hall–Kier alpha value is -2.47. The van der Waals surface area contributed by atoms with E-state index in [1.54, 1.807) is 12.1 Å². The van der Waals surface area contributed by atoms with E-state index >= 15 is 0 Å². The second kappa shape index (κ2) is 9.99. The molecule has 2 N–H and O–H groups in total. The first-order valence-electron chi connectivity index (χ1n) is 10.1. The molecule has 8 nitrogen and oxygen atoms in total. The highest BCUT2D eigenvalue weighted by Gasteiger charge is 2.26. The lowest BCUT2D eigenvalue weighted by molar-refractivity contribution is -0.113. The Kier molecular flexibility index (Phi) is 7.09. The Morgan fingerprint density at radius 3 is 2.56 bits per heavy atom. The van der Waals surface area contributed by atoms with Gasteiger partial charge >= 0.3 is 0 Å². The van der Waals surface area contributed by atoms with Crippen LogP contribution in [0, 0.1) is 6.92 Å². The van der Waals surface area contributed by atoms with Crippen LogP contribution < -0.4 is 10.6 Å². The van der Waals surface area contributed by atoms with Crippen LogP contribution in [0.3, 0.4) is 0 Å². The molecule has 168 valence electrons. The van der Waals surface area contributed by atoms with Gasteiger partial charge in [-0.1, -0.05) is 35.2 Å². The third kappa shape index (κ3) is 5.66. The van der Waals surface area contributed by atoms with Crippen molar-refractivity contribution < 1.29 is 13.2 Å². The molecule has 0 saturated carbocycles. The van der Waals surface area contributed by atoms with Crippen LogP contribution in [0.4, 0.5) is 16.5 Å². The Bertz CT molecular complexity index is 1190. The zero-order valence-electron chi connectivity index (χ0n) is 17.4. The summed E-state index contributed by atoms with van der Waals surface area (Å²) in [6.07, 6.45) is 1.78. The zero-order chi connectivity index (χ0) is 22.6. The number of anilines is 3. The molecule has 32 heavy (non-hydrogen) atoms. The molecule has 0 spiro atoms. The van der Waals surface area contributed by atoms with E-state index in [0.29, 0.717) is 28.2 Å². The first-order valence-corrected chi connectivity index (χ1v) is 13.3. The van der Waals surface area contributed by atoms with Gasteiger partial charge in [-0.15, -0.1) is 10.2 Å². The van der Waals surface area contributed by atoms with Gasteiger partial charge < -0.3 is 10.6 Å². The zero-order valence-corrected chi connectivity index (χ0v) is 19.9. The molecule has 2 aromatic carbocycles. The van der Waals surface area contributed by atoms with Crippen molar-refractivity contribution in [1.29, 1.82) is 0 Å². The van der Waals surface area contributed by atoms with Gasteiger partial charge in [0.1, 0.15) is 0 Å². The van der Waals surface area contributed by atoms with Crippen LogP contribution in [0.2, 0.25) is 0 Å². The number of hydrogen-bond donors (Lipinski definition) is 2. The fourth-order valence-electron chi connectivity index (χ4n) is 3.28. The highest BCUT2D eigenvalue weighted by molar-refractivity contribution is 8.01. The summed E-state index contributed by atoms with van der Waals surface area (Å²) < 4.78 is 27.3. The smallest absolute Gasteiger partial charge is 0.243 e. The van der Waals surface area contributed by atoms with Gasteiger partial charge in [-0.25, -0.2) is 8.42 Å². The van der Waals surface area contributed by atoms with Crippen molar-refractivity contribution in [3.8, 4) is 0 Å². The Morgan fingerprint density at radius 2 is 1.84 bits per heavy atom. The van der Waals surface area contributed by atoms with Crippen molar-refractivity contribution in [2.45, 2.75) is 29.0 Å². The van der Waals surface area contributed by atoms with Gasteiger partial charge in [-0.3, -0.25) is 4.79 Å². The first-order chi connectivity index (χ1) is 15.4. The quantitative estimate of drug-likeness (QED) is 0.459. The van der Waals surface area contributed by atoms with Gasteiger partial charge in [0.25, 0.3) is 0 Å². The van der Waals surface area contributed by atoms with Crippen LogP contribution in [-0.4, -0.2) is 47.7 Å². The number of nitrogens with one attached hydrogen (secondary N) is 2. The number of carbonyl (C=O) groups excluding carboxylic acids is 1. The van der Waals surface area contributed by atoms with Crippen LogP contribution in [0.15, 0.2) is 57.8 Å². The van der Waals surface area contributed by atoms with Gasteiger partial charge in [0.05, 0.1) is 10.6 Å². The lowest BCUT2D eigenvalue weighted by Gasteiger charge is -2.15. The predicted molar refractivity (Wildman–Crippen MR) is 128 cm³/mol. The molecule has 1 aliphatic rings. The number of rotatable bonds is 8. The van der Waals surface area contributed by atoms with E-state index in [1.165, 1.54) is 39.5 Å². The summed E-state index contributed by atoms with van der Waals surface area (Å²) >= 11 is 2.67. The highest BCUT2D eigenvalue weighted by Crippen LogP contribution is 2.28. The molecule has 0 atom stereocenters. The van der Waals surface area contributed by atoms with Gasteiger partial charge in [-0.2, -0.15) is 4.31 Å². The number of thioether (sulfide) groups is 1. The minimum atomic E-state index is -3.46. The van der Waals surface area contributed by atoms with Crippen molar-refractivity contribution in [2.75, 3.05) is 29.5 Å². The molecule has 1 fully saturated rings. The molecule has 1 saturated heterocycles. The molecule has 11 heteroatoms. The van der Waals surface area contributed by atoms with E-state index < -0.39 is 10.0 Å². The molecule has 0 unspecified atom stereocenters. The maximum Gasteiger partial charge on any atom is 0.243 e. The SMILES string of the molecule is Cc1cccc(Nc2nnc(SCC(=O)Nc3ccc(S(=O)(=O)N4CCCC4)cc3)s2)c1. The summed E-state index contributed by atoms with van der Waals surface area (Å²) in [4.78, 5) is 12.5. The summed E-state index contributed by atoms with van der Waals surface area (Å²) in [6.45, 7) is 3.14. The van der Waals surface area contributed by atoms with E-state index in [9.17, 15) is 13.2 Å². The normalized spacial score (nSPS) is 14.4. The summed E-state index contributed by atoms with van der Waals surface area (Å²) in [5.74, 6) is -0.0269. The van der Waals surface area contributed by atoms with E-state index in [2.05, 4.69) is 20.8 Å². The molecule has 0 bridgehead atoms. The summed E-state index contributed by atoms with van der Waals surface area (Å²) in [7, 11) is -3.46. The number of nitrogens with zero attached hydrogens (tertiary/aromatic N) is 3. The molecule has 3 aromatic rings. The number of carbonyl (C=O) groups is 1. The lowest BCUT2D eigenvalue weighted by atomic mass is 10.2. The van der Waals surface area contributed by atoms with E-state index in [1.807, 2.05) is 31.2 Å². The predicted octanol–water partition coefficient (Wildman–Crippen LogP) is 4.11. The standard InChI is InChI=1S/C21H23N5O3S3/c1-15-5-4-6-17(13-15)23-20-24-25-21(31-20)30-14-19(27)22-16-7-9-18(10-8-16)32(28,29)26-11-2-3-12-26/h4-10,13H,2-3,11-12,14H2,1H3,(H,22,27)(H,23,24). The number of amides is 1. The molecule has 1 amide bonds. The molecule has 1 aliphatic heterocycles. The average Bonchev–Trinajstić information content (AvgIpc) is 3.46. The molecule has 1 aromatic heterocycles. The minimum absolute atomic E-state index is 0.174. The number of benzene rings is 2. The van der Waals surface area contributed by atoms with Gasteiger partial charge in [0.15, 0.2) is 4.34 Å². The molecule has 2 heterocycles. The first kappa shape index (κ1) is 22.7. The third-order valence-corrected chi connectivity index (χ3v) is 8.73. The van der Waals surface area contributed by atoms with Crippen molar-refractivity contribution in [3.63, 3.8) is 0 Å². The highest BCUT2D eigenvalue weighted by atomic mass is 32.2. The van der Waals surface area contributed by atoms with E-state index in [4.69, 9.17) is 0 Å². The number of aromatic nitrogens is 2. The maximum atomic E-state index is 12.6. The molecule has 4 rings (SSSR count). The van der Waals surface area contributed by atoms with Crippen LogP contribution in [0.25, 0.3) is 0 Å². The van der Waals surface area contributed by atoms with E-state index in [-0.39, 0.29) is 16.6 Å².